The van der Waals surface area contributed by atoms with Gasteiger partial charge in [-0.3, -0.25) is 9.59 Å². The zero-order valence-electron chi connectivity index (χ0n) is 16.3. The molecule has 0 saturated heterocycles. The number of carbonyl (C=O) groups excluding carboxylic acids is 2. The summed E-state index contributed by atoms with van der Waals surface area (Å²) in [6.45, 7) is 3.96. The third kappa shape index (κ3) is 3.27. The Morgan fingerprint density at radius 2 is 1.62 bits per heavy atom. The molecule has 0 aliphatic rings. The molecule has 2 aromatic heterocycles. The van der Waals surface area contributed by atoms with Crippen molar-refractivity contribution in [2.24, 2.45) is 0 Å². The Hall–Kier alpha value is -3.86. The van der Waals surface area contributed by atoms with Gasteiger partial charge in [0.15, 0.2) is 0 Å². The first kappa shape index (κ1) is 18.5. The number of ketones is 1. The van der Waals surface area contributed by atoms with Gasteiger partial charge in [0.05, 0.1) is 16.8 Å². The van der Waals surface area contributed by atoms with Crippen LogP contribution in [0.2, 0.25) is 0 Å². The molecule has 0 spiro atoms. The van der Waals surface area contributed by atoms with Gasteiger partial charge in [0.2, 0.25) is 5.78 Å². The molecular weight excluding hydrogens is 362 g/mol. The van der Waals surface area contributed by atoms with Gasteiger partial charge in [0.1, 0.15) is 5.69 Å². The van der Waals surface area contributed by atoms with Crippen molar-refractivity contribution in [2.75, 3.05) is 11.1 Å². The second-order valence-corrected chi connectivity index (χ2v) is 7.04. The Morgan fingerprint density at radius 3 is 2.34 bits per heavy atom. The molecule has 2 heterocycles. The van der Waals surface area contributed by atoms with E-state index in [-0.39, 0.29) is 17.4 Å². The van der Waals surface area contributed by atoms with Gasteiger partial charge in [0.25, 0.3) is 5.91 Å². The van der Waals surface area contributed by atoms with Crippen LogP contribution in [-0.2, 0) is 0 Å². The first-order valence-electron chi connectivity index (χ1n) is 9.34. The molecule has 5 nitrogen and oxygen atoms in total. The third-order valence-electron chi connectivity index (χ3n) is 5.12. The Morgan fingerprint density at radius 1 is 0.897 bits per heavy atom. The smallest absolute Gasteiger partial charge is 0.259 e. The number of pyridine rings is 1. The average Bonchev–Trinajstić information content (AvgIpc) is 3.02. The lowest BCUT2D eigenvalue weighted by Gasteiger charge is -2.06. The number of nitrogens with zero attached hydrogens (tertiary/aromatic N) is 1. The van der Waals surface area contributed by atoms with E-state index in [2.05, 4.69) is 5.32 Å². The maximum Gasteiger partial charge on any atom is 0.259 e. The Labute approximate surface area is 168 Å². The molecule has 144 valence electrons. The van der Waals surface area contributed by atoms with Gasteiger partial charge in [0, 0.05) is 17.4 Å². The SMILES string of the molecule is Cc1ccc(C(=O)c2c(N)c(C(=O)Nc3ccccc3)c3ccccn23)cc1C. The summed E-state index contributed by atoms with van der Waals surface area (Å²) in [6, 6.07) is 20.1. The van der Waals surface area contributed by atoms with Gasteiger partial charge in [-0.05, 0) is 55.3 Å². The topological polar surface area (TPSA) is 76.6 Å². The predicted molar refractivity (Wildman–Crippen MR) is 116 cm³/mol. The van der Waals surface area contributed by atoms with Crippen molar-refractivity contribution in [3.63, 3.8) is 0 Å². The van der Waals surface area contributed by atoms with Crippen LogP contribution in [0.3, 0.4) is 0 Å². The van der Waals surface area contributed by atoms with Gasteiger partial charge in [-0.15, -0.1) is 0 Å². The van der Waals surface area contributed by atoms with Crippen LogP contribution in [0.15, 0.2) is 72.9 Å². The fourth-order valence-corrected chi connectivity index (χ4v) is 3.43. The molecule has 2 aromatic carbocycles. The van der Waals surface area contributed by atoms with E-state index in [9.17, 15) is 9.59 Å². The molecule has 0 unspecified atom stereocenters. The summed E-state index contributed by atoms with van der Waals surface area (Å²) in [7, 11) is 0. The third-order valence-corrected chi connectivity index (χ3v) is 5.12. The molecule has 0 aliphatic carbocycles. The van der Waals surface area contributed by atoms with E-state index < -0.39 is 0 Å². The van der Waals surface area contributed by atoms with E-state index in [0.29, 0.717) is 28.0 Å². The van der Waals surface area contributed by atoms with Gasteiger partial charge in [-0.1, -0.05) is 36.4 Å². The first-order valence-corrected chi connectivity index (χ1v) is 9.34. The van der Waals surface area contributed by atoms with Crippen molar-refractivity contribution in [1.82, 2.24) is 4.40 Å². The van der Waals surface area contributed by atoms with Crippen molar-refractivity contribution in [1.29, 1.82) is 0 Å². The number of aromatic nitrogens is 1. The fraction of sp³-hybridized carbons (Fsp3) is 0.0833. The van der Waals surface area contributed by atoms with E-state index in [1.807, 2.05) is 56.3 Å². The Kier molecular flexibility index (Phi) is 4.64. The lowest BCUT2D eigenvalue weighted by atomic mass is 10.0. The number of hydrogen-bond acceptors (Lipinski definition) is 3. The summed E-state index contributed by atoms with van der Waals surface area (Å²) in [5.74, 6) is -0.568. The van der Waals surface area contributed by atoms with Gasteiger partial charge >= 0.3 is 0 Å². The molecular formula is C24H21N3O2. The standard InChI is InChI=1S/C24H21N3O2/c1-15-11-12-17(14-16(15)2)23(28)22-21(25)20(19-10-6-7-13-27(19)22)24(29)26-18-8-4-3-5-9-18/h3-14H,25H2,1-2H3,(H,26,29). The lowest BCUT2D eigenvalue weighted by Crippen LogP contribution is -2.14. The molecule has 0 atom stereocenters. The minimum atomic E-state index is -0.350. The highest BCUT2D eigenvalue weighted by Crippen LogP contribution is 2.29. The van der Waals surface area contributed by atoms with Crippen molar-refractivity contribution in [2.45, 2.75) is 13.8 Å². The summed E-state index contributed by atoms with van der Waals surface area (Å²) < 4.78 is 1.69. The second-order valence-electron chi connectivity index (χ2n) is 7.04. The summed E-state index contributed by atoms with van der Waals surface area (Å²) >= 11 is 0. The highest BCUT2D eigenvalue weighted by atomic mass is 16.2. The van der Waals surface area contributed by atoms with Crippen LogP contribution < -0.4 is 11.1 Å². The van der Waals surface area contributed by atoms with Crippen LogP contribution in [0.25, 0.3) is 5.52 Å². The molecule has 1 amide bonds. The highest BCUT2D eigenvalue weighted by Gasteiger charge is 2.26. The van der Waals surface area contributed by atoms with Crippen LogP contribution in [-0.4, -0.2) is 16.1 Å². The molecule has 0 radical (unpaired) electrons. The number of benzene rings is 2. The van der Waals surface area contributed by atoms with E-state index in [1.165, 1.54) is 0 Å². The normalized spacial score (nSPS) is 10.8. The molecule has 0 aliphatic heterocycles. The molecule has 4 aromatic rings. The van der Waals surface area contributed by atoms with Crippen molar-refractivity contribution in [3.05, 3.63) is 101 Å². The van der Waals surface area contributed by atoms with Crippen molar-refractivity contribution >= 4 is 28.6 Å². The van der Waals surface area contributed by atoms with E-state index in [1.54, 1.807) is 34.9 Å². The van der Waals surface area contributed by atoms with E-state index >= 15 is 0 Å². The predicted octanol–water partition coefficient (Wildman–Crippen LogP) is 4.62. The van der Waals surface area contributed by atoms with Crippen LogP contribution in [0.4, 0.5) is 11.4 Å². The molecule has 4 rings (SSSR count). The highest BCUT2D eigenvalue weighted by molar-refractivity contribution is 6.20. The number of fused-ring (bicyclic) bond motifs is 1. The first-order chi connectivity index (χ1) is 14.0. The summed E-state index contributed by atoms with van der Waals surface area (Å²) in [5.41, 5.74) is 11.1. The molecule has 0 saturated carbocycles. The Bertz CT molecular complexity index is 1240. The maximum absolute atomic E-state index is 13.3. The second kappa shape index (κ2) is 7.28. The summed E-state index contributed by atoms with van der Waals surface area (Å²) in [4.78, 5) is 26.3. The number of nitrogen functional groups attached to an aromatic ring is 1. The number of para-hydroxylation sites is 1. The molecule has 29 heavy (non-hydrogen) atoms. The number of nitrogens with one attached hydrogen (secondary N) is 1. The fourth-order valence-electron chi connectivity index (χ4n) is 3.43. The van der Waals surface area contributed by atoms with E-state index in [0.717, 1.165) is 11.1 Å². The number of aryl methyl sites for hydroxylation is 2. The quantitative estimate of drug-likeness (QED) is 0.505. The molecule has 3 N–H and O–H groups in total. The minimum Gasteiger partial charge on any atom is -0.396 e. The number of hydrogen-bond donors (Lipinski definition) is 2. The zero-order chi connectivity index (χ0) is 20.5. The lowest BCUT2D eigenvalue weighted by molar-refractivity contribution is 0.102. The molecule has 0 fully saturated rings. The number of rotatable bonds is 4. The van der Waals surface area contributed by atoms with Gasteiger partial charge in [-0.25, -0.2) is 0 Å². The number of carbonyl (C=O) groups is 2. The molecule has 0 bridgehead atoms. The van der Waals surface area contributed by atoms with Gasteiger partial charge < -0.3 is 15.5 Å². The average molecular weight is 383 g/mol. The van der Waals surface area contributed by atoms with Crippen LogP contribution in [0.1, 0.15) is 37.5 Å². The van der Waals surface area contributed by atoms with Crippen LogP contribution in [0, 0.1) is 13.8 Å². The maximum atomic E-state index is 13.3. The monoisotopic (exact) mass is 383 g/mol. The largest absolute Gasteiger partial charge is 0.396 e. The van der Waals surface area contributed by atoms with E-state index in [4.69, 9.17) is 5.73 Å². The summed E-state index contributed by atoms with van der Waals surface area (Å²) in [5, 5.41) is 2.86. The zero-order valence-corrected chi connectivity index (χ0v) is 16.3. The summed E-state index contributed by atoms with van der Waals surface area (Å²) in [6.07, 6.45) is 1.75. The number of amides is 1. The van der Waals surface area contributed by atoms with Crippen molar-refractivity contribution < 1.29 is 9.59 Å². The van der Waals surface area contributed by atoms with Crippen molar-refractivity contribution in [3.8, 4) is 0 Å². The number of anilines is 2. The van der Waals surface area contributed by atoms with Gasteiger partial charge in [-0.2, -0.15) is 0 Å². The van der Waals surface area contributed by atoms with Crippen LogP contribution >= 0.6 is 0 Å². The minimum absolute atomic E-state index is 0.174. The molecule has 5 heteroatoms. The number of nitrogens with two attached hydrogens (primary N) is 1. The van der Waals surface area contributed by atoms with Crippen LogP contribution in [0.5, 0.6) is 0 Å². The Balaban J connectivity index is 1.83.